The molecule has 2 fully saturated rings. The molecule has 0 radical (unpaired) electrons. The van der Waals surface area contributed by atoms with Crippen LogP contribution in [0.1, 0.15) is 37.3 Å². The Morgan fingerprint density at radius 3 is 2.32 bits per heavy atom. The van der Waals surface area contributed by atoms with E-state index in [0.29, 0.717) is 11.8 Å². The predicted octanol–water partition coefficient (Wildman–Crippen LogP) is 2.53. The lowest BCUT2D eigenvalue weighted by molar-refractivity contribution is 0.125. The maximum atomic E-state index is 9.49. The molecule has 0 aromatic heterocycles. The van der Waals surface area contributed by atoms with Crippen LogP contribution < -0.4 is 5.32 Å². The van der Waals surface area contributed by atoms with Crippen LogP contribution in [0.25, 0.3) is 0 Å². The summed E-state index contributed by atoms with van der Waals surface area (Å²) in [7, 11) is 0. The zero-order valence-corrected chi connectivity index (χ0v) is 11.5. The third kappa shape index (κ3) is 2.93. The van der Waals surface area contributed by atoms with E-state index >= 15 is 0 Å². The third-order valence-electron chi connectivity index (χ3n) is 4.63. The van der Waals surface area contributed by atoms with Crippen LogP contribution in [0.15, 0.2) is 24.3 Å². The number of hydrogen-bond donors (Lipinski definition) is 2. The number of rotatable bonds is 3. The number of nitrogens with one attached hydrogen (secondary N) is 1. The Hall–Kier alpha value is -1.06. The first-order valence-electron chi connectivity index (χ1n) is 7.58. The van der Waals surface area contributed by atoms with Crippen LogP contribution in [0.5, 0.6) is 5.75 Å². The standard InChI is InChI=1S/C16H24N2O/c19-15-7-5-14(6-8-15)16(13-3-1-2-4-13)18-11-9-17-10-12-18/h5-8,13,16-17,19H,1-4,9-12H2/t16-/m0/s1. The molecule has 2 aliphatic rings. The quantitative estimate of drug-likeness (QED) is 0.876. The largest absolute Gasteiger partial charge is 0.508 e. The molecule has 1 atom stereocenters. The zero-order valence-electron chi connectivity index (χ0n) is 11.5. The van der Waals surface area contributed by atoms with Gasteiger partial charge in [-0.3, -0.25) is 4.90 Å². The van der Waals surface area contributed by atoms with Crippen molar-refractivity contribution in [3.63, 3.8) is 0 Å². The van der Waals surface area contributed by atoms with Crippen LogP contribution in [0.2, 0.25) is 0 Å². The Balaban J connectivity index is 1.83. The molecule has 1 saturated carbocycles. The van der Waals surface area contributed by atoms with Crippen LogP contribution in [0.4, 0.5) is 0 Å². The summed E-state index contributed by atoms with van der Waals surface area (Å²) in [5, 5.41) is 12.9. The van der Waals surface area contributed by atoms with Crippen molar-refractivity contribution in [2.24, 2.45) is 5.92 Å². The van der Waals surface area contributed by atoms with Crippen molar-refractivity contribution in [3.8, 4) is 5.75 Å². The van der Waals surface area contributed by atoms with Gasteiger partial charge in [-0.05, 0) is 36.5 Å². The molecule has 1 aliphatic heterocycles. The van der Waals surface area contributed by atoms with Crippen molar-refractivity contribution in [1.82, 2.24) is 10.2 Å². The van der Waals surface area contributed by atoms with Gasteiger partial charge in [0.05, 0.1) is 0 Å². The first-order valence-corrected chi connectivity index (χ1v) is 7.58. The number of phenols is 1. The molecule has 0 unspecified atom stereocenters. The summed E-state index contributed by atoms with van der Waals surface area (Å²) in [6.07, 6.45) is 5.47. The van der Waals surface area contributed by atoms with Crippen molar-refractivity contribution in [2.45, 2.75) is 31.7 Å². The second-order valence-corrected chi connectivity index (χ2v) is 5.87. The summed E-state index contributed by atoms with van der Waals surface area (Å²) < 4.78 is 0. The van der Waals surface area contributed by atoms with Gasteiger partial charge in [0.2, 0.25) is 0 Å². The van der Waals surface area contributed by atoms with Gasteiger partial charge in [0.15, 0.2) is 0 Å². The van der Waals surface area contributed by atoms with E-state index in [0.717, 1.165) is 32.1 Å². The summed E-state index contributed by atoms with van der Waals surface area (Å²) in [6, 6.07) is 8.44. The molecule has 2 N–H and O–H groups in total. The number of benzene rings is 1. The van der Waals surface area contributed by atoms with Gasteiger partial charge < -0.3 is 10.4 Å². The molecule has 3 heteroatoms. The molecule has 3 nitrogen and oxygen atoms in total. The number of hydrogen-bond acceptors (Lipinski definition) is 3. The topological polar surface area (TPSA) is 35.5 Å². The smallest absolute Gasteiger partial charge is 0.115 e. The molecule has 3 rings (SSSR count). The first-order chi connectivity index (χ1) is 9.34. The van der Waals surface area contributed by atoms with Crippen molar-refractivity contribution in [3.05, 3.63) is 29.8 Å². The van der Waals surface area contributed by atoms with Gasteiger partial charge >= 0.3 is 0 Å². The number of nitrogens with zero attached hydrogens (tertiary/aromatic N) is 1. The lowest BCUT2D eigenvalue weighted by Crippen LogP contribution is -2.46. The average molecular weight is 260 g/mol. The Kier molecular flexibility index (Phi) is 4.04. The van der Waals surface area contributed by atoms with E-state index in [2.05, 4.69) is 22.3 Å². The van der Waals surface area contributed by atoms with E-state index in [9.17, 15) is 5.11 Å². The number of phenolic OH excluding ortho intramolecular Hbond substituents is 1. The van der Waals surface area contributed by atoms with E-state index in [1.807, 2.05) is 12.1 Å². The monoisotopic (exact) mass is 260 g/mol. The second kappa shape index (κ2) is 5.93. The van der Waals surface area contributed by atoms with Gasteiger partial charge in [0.25, 0.3) is 0 Å². The summed E-state index contributed by atoms with van der Waals surface area (Å²) >= 11 is 0. The second-order valence-electron chi connectivity index (χ2n) is 5.87. The molecule has 19 heavy (non-hydrogen) atoms. The maximum absolute atomic E-state index is 9.49. The molecule has 0 spiro atoms. The highest BCUT2D eigenvalue weighted by molar-refractivity contribution is 5.28. The molecule has 1 aromatic carbocycles. The normalized spacial score (nSPS) is 23.6. The minimum Gasteiger partial charge on any atom is -0.508 e. The fraction of sp³-hybridized carbons (Fsp3) is 0.625. The van der Waals surface area contributed by atoms with Crippen molar-refractivity contribution in [1.29, 1.82) is 0 Å². The van der Waals surface area contributed by atoms with Crippen LogP contribution in [0, 0.1) is 5.92 Å². The lowest BCUT2D eigenvalue weighted by Gasteiger charge is -2.38. The summed E-state index contributed by atoms with van der Waals surface area (Å²) in [5.74, 6) is 1.16. The van der Waals surface area contributed by atoms with Crippen LogP contribution >= 0.6 is 0 Å². The molecule has 1 aromatic rings. The first kappa shape index (κ1) is 12.9. The van der Waals surface area contributed by atoms with E-state index < -0.39 is 0 Å². The summed E-state index contributed by atoms with van der Waals surface area (Å²) in [6.45, 7) is 4.48. The SMILES string of the molecule is Oc1ccc([C@H](C2CCCC2)N2CCNCC2)cc1. The number of aromatic hydroxyl groups is 1. The maximum Gasteiger partial charge on any atom is 0.115 e. The zero-order chi connectivity index (χ0) is 13.1. The summed E-state index contributed by atoms with van der Waals surface area (Å²) in [5.41, 5.74) is 1.38. The molecule has 1 aliphatic carbocycles. The minimum atomic E-state index is 0.370. The highest BCUT2D eigenvalue weighted by Crippen LogP contribution is 2.39. The van der Waals surface area contributed by atoms with Gasteiger partial charge in [-0.1, -0.05) is 25.0 Å². The highest BCUT2D eigenvalue weighted by atomic mass is 16.3. The Morgan fingerprint density at radius 2 is 1.68 bits per heavy atom. The van der Waals surface area contributed by atoms with Crippen LogP contribution in [0.3, 0.4) is 0 Å². The Labute approximate surface area is 115 Å². The van der Waals surface area contributed by atoms with Gasteiger partial charge in [0.1, 0.15) is 5.75 Å². The molecular formula is C16H24N2O. The minimum absolute atomic E-state index is 0.370. The molecular weight excluding hydrogens is 236 g/mol. The van der Waals surface area contributed by atoms with Crippen molar-refractivity contribution < 1.29 is 5.11 Å². The highest BCUT2D eigenvalue weighted by Gasteiger charge is 2.31. The fourth-order valence-electron chi connectivity index (χ4n) is 3.69. The van der Waals surface area contributed by atoms with Crippen molar-refractivity contribution in [2.75, 3.05) is 26.2 Å². The average Bonchev–Trinajstić information content (AvgIpc) is 2.96. The van der Waals surface area contributed by atoms with Gasteiger partial charge in [0, 0.05) is 32.2 Å². The molecule has 1 saturated heterocycles. The third-order valence-corrected chi connectivity index (χ3v) is 4.63. The number of piperazine rings is 1. The van der Waals surface area contributed by atoms with E-state index in [1.165, 1.54) is 31.2 Å². The van der Waals surface area contributed by atoms with Crippen molar-refractivity contribution >= 4 is 0 Å². The van der Waals surface area contributed by atoms with E-state index in [4.69, 9.17) is 0 Å². The molecule has 1 heterocycles. The van der Waals surface area contributed by atoms with Gasteiger partial charge in [-0.15, -0.1) is 0 Å². The Morgan fingerprint density at radius 1 is 1.05 bits per heavy atom. The van der Waals surface area contributed by atoms with Gasteiger partial charge in [-0.2, -0.15) is 0 Å². The molecule has 0 bridgehead atoms. The van der Waals surface area contributed by atoms with Crippen LogP contribution in [-0.4, -0.2) is 36.2 Å². The molecule has 104 valence electrons. The van der Waals surface area contributed by atoms with E-state index in [1.54, 1.807) is 0 Å². The Bertz CT molecular complexity index is 392. The van der Waals surface area contributed by atoms with Crippen LogP contribution in [-0.2, 0) is 0 Å². The predicted molar refractivity (Wildman–Crippen MR) is 77.2 cm³/mol. The summed E-state index contributed by atoms with van der Waals surface area (Å²) in [4.78, 5) is 2.64. The lowest BCUT2D eigenvalue weighted by atomic mass is 9.89. The fourth-order valence-corrected chi connectivity index (χ4v) is 3.69. The van der Waals surface area contributed by atoms with Gasteiger partial charge in [-0.25, -0.2) is 0 Å². The molecule has 0 amide bonds. The van der Waals surface area contributed by atoms with E-state index in [-0.39, 0.29) is 0 Å².